The van der Waals surface area contributed by atoms with Crippen LogP contribution in [0.5, 0.6) is 5.75 Å². The van der Waals surface area contributed by atoms with Gasteiger partial charge < -0.3 is 4.74 Å². The molecule has 0 bridgehead atoms. The molecule has 2 aromatic rings. The third kappa shape index (κ3) is 4.34. The van der Waals surface area contributed by atoms with Gasteiger partial charge in [0.05, 0.1) is 4.92 Å². The quantitative estimate of drug-likeness (QED) is 0.281. The first kappa shape index (κ1) is 14.6. The molecule has 0 aliphatic heterocycles. The first-order chi connectivity index (χ1) is 10.0. The number of carbonyl (C=O) groups excluding carboxylic acids is 1. The molecule has 21 heavy (non-hydrogen) atoms. The zero-order chi connectivity index (χ0) is 15.2. The minimum absolute atomic E-state index is 0.0814. The number of ether oxygens (including phenoxy) is 1. The first-order valence-corrected chi connectivity index (χ1v) is 6.16. The molecule has 0 aliphatic rings. The number of halogens is 1. The van der Waals surface area contributed by atoms with E-state index in [-0.39, 0.29) is 11.4 Å². The smallest absolute Gasteiger partial charge is 0.390 e. The van der Waals surface area contributed by atoms with E-state index in [0.29, 0.717) is 10.6 Å². The molecule has 0 heterocycles. The van der Waals surface area contributed by atoms with E-state index in [2.05, 4.69) is 11.8 Å². The molecule has 0 saturated heterocycles. The van der Waals surface area contributed by atoms with Crippen molar-refractivity contribution in [3.05, 3.63) is 69.2 Å². The lowest BCUT2D eigenvalue weighted by molar-refractivity contribution is -0.384. The van der Waals surface area contributed by atoms with E-state index >= 15 is 0 Å². The lowest BCUT2D eigenvalue weighted by atomic mass is 10.2. The summed E-state index contributed by atoms with van der Waals surface area (Å²) in [5.74, 6) is 4.39. The molecular weight excluding hydrogens is 294 g/mol. The van der Waals surface area contributed by atoms with Crippen molar-refractivity contribution in [3.8, 4) is 17.6 Å². The normalized spacial score (nSPS) is 9.38. The van der Waals surface area contributed by atoms with Crippen molar-refractivity contribution in [3.63, 3.8) is 0 Å². The summed E-state index contributed by atoms with van der Waals surface area (Å²) in [4.78, 5) is 21.5. The van der Waals surface area contributed by atoms with Crippen LogP contribution in [0.2, 0.25) is 5.02 Å². The van der Waals surface area contributed by atoms with Crippen molar-refractivity contribution in [2.75, 3.05) is 0 Å². The lowest BCUT2D eigenvalue weighted by Crippen LogP contribution is -2.04. The van der Waals surface area contributed by atoms with E-state index in [1.807, 2.05) is 0 Å². The molecule has 0 aliphatic carbocycles. The minimum Gasteiger partial charge on any atom is -0.417 e. The van der Waals surface area contributed by atoms with Gasteiger partial charge in [-0.25, -0.2) is 4.79 Å². The maximum atomic E-state index is 11.5. The van der Waals surface area contributed by atoms with Gasteiger partial charge in [0, 0.05) is 28.6 Å². The van der Waals surface area contributed by atoms with Gasteiger partial charge in [-0.15, -0.1) is 0 Å². The molecule has 0 spiro atoms. The average molecular weight is 302 g/mol. The number of carbonyl (C=O) groups is 1. The predicted molar refractivity (Wildman–Crippen MR) is 77.1 cm³/mol. The lowest BCUT2D eigenvalue weighted by Gasteiger charge is -1.98. The van der Waals surface area contributed by atoms with Gasteiger partial charge in [-0.1, -0.05) is 17.5 Å². The van der Waals surface area contributed by atoms with Crippen LogP contribution in [0.3, 0.4) is 0 Å². The number of rotatable bonds is 2. The van der Waals surface area contributed by atoms with Crippen molar-refractivity contribution in [2.24, 2.45) is 0 Å². The average Bonchev–Trinajstić information content (AvgIpc) is 2.47. The van der Waals surface area contributed by atoms with Crippen molar-refractivity contribution in [1.29, 1.82) is 0 Å². The fraction of sp³-hybridized carbons (Fsp3) is 0. The second-order valence-corrected chi connectivity index (χ2v) is 4.33. The van der Waals surface area contributed by atoms with Gasteiger partial charge in [0.2, 0.25) is 0 Å². The van der Waals surface area contributed by atoms with E-state index in [4.69, 9.17) is 16.3 Å². The Morgan fingerprint density at radius 3 is 2.29 bits per heavy atom. The van der Waals surface area contributed by atoms with Gasteiger partial charge in [0.1, 0.15) is 5.75 Å². The Morgan fingerprint density at radius 1 is 1.10 bits per heavy atom. The first-order valence-electron chi connectivity index (χ1n) is 5.78. The number of hydrogen-bond donors (Lipinski definition) is 0. The topological polar surface area (TPSA) is 69.4 Å². The van der Waals surface area contributed by atoms with Gasteiger partial charge in [0.15, 0.2) is 0 Å². The Bertz CT molecular complexity index is 727. The van der Waals surface area contributed by atoms with Crippen LogP contribution in [-0.2, 0) is 4.79 Å². The highest BCUT2D eigenvalue weighted by Gasteiger charge is 2.06. The minimum atomic E-state index is -0.751. The summed E-state index contributed by atoms with van der Waals surface area (Å²) in [6.45, 7) is 0. The zero-order valence-electron chi connectivity index (χ0n) is 10.6. The maximum Gasteiger partial charge on any atom is 0.390 e. The van der Waals surface area contributed by atoms with Crippen LogP contribution in [0.4, 0.5) is 5.69 Å². The second-order valence-electron chi connectivity index (χ2n) is 3.90. The number of nitro benzene ring substituents is 1. The van der Waals surface area contributed by atoms with Crippen molar-refractivity contribution >= 4 is 23.3 Å². The fourth-order valence-corrected chi connectivity index (χ4v) is 1.55. The summed E-state index contributed by atoms with van der Waals surface area (Å²) in [7, 11) is 0. The molecule has 0 N–H and O–H groups in total. The Hall–Kier alpha value is -2.84. The molecule has 0 saturated carbocycles. The largest absolute Gasteiger partial charge is 0.417 e. The predicted octanol–water partition coefficient (Wildman–Crippen LogP) is 3.21. The van der Waals surface area contributed by atoms with E-state index in [9.17, 15) is 14.9 Å². The second kappa shape index (κ2) is 6.55. The highest BCUT2D eigenvalue weighted by Crippen LogP contribution is 2.17. The van der Waals surface area contributed by atoms with Crippen LogP contribution in [-0.4, -0.2) is 10.9 Å². The van der Waals surface area contributed by atoms with Gasteiger partial charge in [-0.3, -0.25) is 10.1 Å². The molecule has 0 aromatic heterocycles. The van der Waals surface area contributed by atoms with E-state index < -0.39 is 10.9 Å². The molecule has 0 amide bonds. The number of nitrogens with zero attached hydrogens (tertiary/aromatic N) is 1. The molecule has 2 aromatic carbocycles. The Morgan fingerprint density at radius 2 is 1.71 bits per heavy atom. The number of benzene rings is 2. The Labute approximate surface area is 125 Å². The van der Waals surface area contributed by atoms with Crippen LogP contribution in [0, 0.1) is 22.0 Å². The van der Waals surface area contributed by atoms with Gasteiger partial charge in [-0.05, 0) is 36.4 Å². The third-order valence-corrected chi connectivity index (χ3v) is 2.66. The van der Waals surface area contributed by atoms with E-state index in [1.165, 1.54) is 24.3 Å². The van der Waals surface area contributed by atoms with Crippen LogP contribution in [0.15, 0.2) is 48.5 Å². The number of non-ortho nitro benzene ring substituents is 1. The summed E-state index contributed by atoms with van der Waals surface area (Å²) in [6, 6.07) is 11.8. The van der Waals surface area contributed by atoms with Crippen molar-refractivity contribution < 1.29 is 14.5 Å². The maximum absolute atomic E-state index is 11.5. The van der Waals surface area contributed by atoms with E-state index in [1.54, 1.807) is 24.3 Å². The zero-order valence-corrected chi connectivity index (χ0v) is 11.3. The third-order valence-electron chi connectivity index (χ3n) is 2.41. The van der Waals surface area contributed by atoms with Crippen molar-refractivity contribution in [1.82, 2.24) is 0 Å². The van der Waals surface area contributed by atoms with Crippen molar-refractivity contribution in [2.45, 2.75) is 0 Å². The molecular formula is C15H8ClNO4. The standard InChI is InChI=1S/C15H8ClNO4/c16-12-4-1-11(2-5-12)3-10-15(18)21-14-8-6-13(7-9-14)17(19)20/h1-2,4-9H. The summed E-state index contributed by atoms with van der Waals surface area (Å²) in [5.41, 5.74) is 0.544. The molecule has 104 valence electrons. The van der Waals surface area contributed by atoms with Gasteiger partial charge in [-0.2, -0.15) is 0 Å². The number of esters is 1. The molecule has 5 nitrogen and oxygen atoms in total. The molecule has 0 fully saturated rings. The van der Waals surface area contributed by atoms with E-state index in [0.717, 1.165) is 0 Å². The summed E-state index contributed by atoms with van der Waals surface area (Å²) >= 11 is 5.73. The highest BCUT2D eigenvalue weighted by atomic mass is 35.5. The molecule has 0 unspecified atom stereocenters. The summed E-state index contributed by atoms with van der Waals surface area (Å²) < 4.78 is 4.93. The fourth-order valence-electron chi connectivity index (χ4n) is 1.42. The summed E-state index contributed by atoms with van der Waals surface area (Å²) in [6.07, 6.45) is 0. The van der Waals surface area contributed by atoms with Crippen LogP contribution < -0.4 is 4.74 Å². The van der Waals surface area contributed by atoms with Gasteiger partial charge >= 0.3 is 5.97 Å². The van der Waals surface area contributed by atoms with Crippen LogP contribution in [0.1, 0.15) is 5.56 Å². The Kier molecular flexibility index (Phi) is 4.54. The number of nitro groups is 1. The summed E-state index contributed by atoms with van der Waals surface area (Å²) in [5, 5.41) is 11.1. The molecule has 6 heteroatoms. The van der Waals surface area contributed by atoms with Crippen LogP contribution >= 0.6 is 11.6 Å². The molecule has 0 radical (unpaired) electrons. The monoisotopic (exact) mass is 301 g/mol. The highest BCUT2D eigenvalue weighted by molar-refractivity contribution is 6.30. The Balaban J connectivity index is 2.02. The van der Waals surface area contributed by atoms with Crippen LogP contribution in [0.25, 0.3) is 0 Å². The molecule has 0 atom stereocenters. The SMILES string of the molecule is O=C(C#Cc1ccc(Cl)cc1)Oc1ccc([N+](=O)[O-])cc1. The number of hydrogen-bond acceptors (Lipinski definition) is 4. The molecule has 2 rings (SSSR count). The van der Waals surface area contributed by atoms with Gasteiger partial charge in [0.25, 0.3) is 5.69 Å².